The molecule has 2 N–H and O–H groups in total. The number of piperazine rings is 1. The summed E-state index contributed by atoms with van der Waals surface area (Å²) in [4.78, 5) is 28.1. The third-order valence-corrected chi connectivity index (χ3v) is 4.44. The van der Waals surface area contributed by atoms with Crippen LogP contribution in [0.25, 0.3) is 0 Å². The number of carbonyl (C=O) groups is 2. The van der Waals surface area contributed by atoms with Gasteiger partial charge < -0.3 is 15.3 Å². The van der Waals surface area contributed by atoms with Crippen LogP contribution >= 0.6 is 0 Å². The van der Waals surface area contributed by atoms with Gasteiger partial charge in [-0.2, -0.15) is 0 Å². The van der Waals surface area contributed by atoms with Gasteiger partial charge in [-0.15, -0.1) is 0 Å². The zero-order valence-electron chi connectivity index (χ0n) is 14.7. The Morgan fingerprint density at radius 2 is 1.71 bits per heavy atom. The van der Waals surface area contributed by atoms with Crippen LogP contribution in [0.15, 0.2) is 24.3 Å². The van der Waals surface area contributed by atoms with E-state index in [4.69, 9.17) is 5.11 Å². The zero-order valence-corrected chi connectivity index (χ0v) is 14.7. The molecule has 6 nitrogen and oxygen atoms in total. The average Bonchev–Trinajstić information content (AvgIpc) is 2.54. The van der Waals surface area contributed by atoms with Crippen LogP contribution in [0, 0.1) is 5.92 Å². The van der Waals surface area contributed by atoms with Crippen molar-refractivity contribution in [3.05, 3.63) is 35.4 Å². The molecular weight excluding hydrogens is 306 g/mol. The first kappa shape index (κ1) is 18.4. The van der Waals surface area contributed by atoms with Crippen molar-refractivity contribution in [2.75, 3.05) is 33.2 Å². The van der Waals surface area contributed by atoms with Gasteiger partial charge in [0.15, 0.2) is 0 Å². The van der Waals surface area contributed by atoms with Gasteiger partial charge in [-0.25, -0.2) is 4.79 Å². The van der Waals surface area contributed by atoms with Gasteiger partial charge in [0.25, 0.3) is 5.91 Å². The highest BCUT2D eigenvalue weighted by Gasteiger charge is 2.24. The van der Waals surface area contributed by atoms with Gasteiger partial charge >= 0.3 is 5.97 Å². The van der Waals surface area contributed by atoms with Crippen molar-refractivity contribution in [3.8, 4) is 0 Å². The minimum Gasteiger partial charge on any atom is -0.480 e. The maximum Gasteiger partial charge on any atom is 0.326 e. The smallest absolute Gasteiger partial charge is 0.326 e. The first-order valence-electron chi connectivity index (χ1n) is 8.40. The largest absolute Gasteiger partial charge is 0.480 e. The van der Waals surface area contributed by atoms with Crippen LogP contribution < -0.4 is 5.32 Å². The molecule has 1 saturated heterocycles. The molecular formula is C18H27N3O3. The van der Waals surface area contributed by atoms with Gasteiger partial charge in [0, 0.05) is 38.3 Å². The van der Waals surface area contributed by atoms with Crippen molar-refractivity contribution in [2.24, 2.45) is 5.92 Å². The summed E-state index contributed by atoms with van der Waals surface area (Å²) in [5, 5.41) is 11.7. The fraction of sp³-hybridized carbons (Fsp3) is 0.556. The van der Waals surface area contributed by atoms with E-state index in [1.165, 1.54) is 0 Å². The standard InChI is InChI=1S/C18H27N3O3/c1-13(2)16(18(23)24)19-17(22)15-6-4-14(5-7-15)12-21-10-8-20(3)9-11-21/h4-7,13,16H,8-12H2,1-3H3,(H,19,22)(H,23,24)/t16-/m0/s1. The van der Waals surface area contributed by atoms with Crippen LogP contribution in [0.5, 0.6) is 0 Å². The predicted octanol–water partition coefficient (Wildman–Crippen LogP) is 1.27. The topological polar surface area (TPSA) is 72.9 Å². The van der Waals surface area contributed by atoms with Crippen LogP contribution in [-0.4, -0.2) is 66.1 Å². The molecule has 24 heavy (non-hydrogen) atoms. The Balaban J connectivity index is 1.93. The summed E-state index contributed by atoms with van der Waals surface area (Å²) in [6, 6.07) is 6.54. The second kappa shape index (κ2) is 8.26. The molecule has 0 spiro atoms. The number of hydrogen-bond donors (Lipinski definition) is 2. The number of rotatable bonds is 6. The Morgan fingerprint density at radius 1 is 1.12 bits per heavy atom. The summed E-state index contributed by atoms with van der Waals surface area (Å²) in [6.07, 6.45) is 0. The Kier molecular flexibility index (Phi) is 6.34. The fourth-order valence-corrected chi connectivity index (χ4v) is 2.76. The molecule has 1 aromatic carbocycles. The van der Waals surface area contributed by atoms with E-state index >= 15 is 0 Å². The average molecular weight is 333 g/mol. The number of likely N-dealkylation sites (N-methyl/N-ethyl adjacent to an activating group) is 1. The van der Waals surface area contributed by atoms with E-state index in [0.29, 0.717) is 5.56 Å². The minimum atomic E-state index is -1.01. The highest BCUT2D eigenvalue weighted by molar-refractivity contribution is 5.96. The SMILES string of the molecule is CC(C)[C@H](NC(=O)c1ccc(CN2CCN(C)CC2)cc1)C(=O)O. The third kappa shape index (κ3) is 5.04. The maximum absolute atomic E-state index is 12.2. The van der Waals surface area contributed by atoms with E-state index in [-0.39, 0.29) is 11.8 Å². The van der Waals surface area contributed by atoms with Crippen molar-refractivity contribution < 1.29 is 14.7 Å². The molecule has 0 radical (unpaired) electrons. The molecule has 1 atom stereocenters. The molecule has 1 aliphatic heterocycles. The van der Waals surface area contributed by atoms with Crippen LogP contribution in [-0.2, 0) is 11.3 Å². The lowest BCUT2D eigenvalue weighted by molar-refractivity contribution is -0.140. The molecule has 0 aromatic heterocycles. The number of carboxylic acids is 1. The van der Waals surface area contributed by atoms with Gasteiger partial charge in [-0.3, -0.25) is 9.69 Å². The second-order valence-electron chi connectivity index (χ2n) is 6.81. The molecule has 1 aliphatic rings. The Hall–Kier alpha value is -1.92. The van der Waals surface area contributed by atoms with Crippen LogP contribution in [0.1, 0.15) is 29.8 Å². The maximum atomic E-state index is 12.2. The van der Waals surface area contributed by atoms with E-state index in [1.54, 1.807) is 26.0 Å². The third-order valence-electron chi connectivity index (χ3n) is 4.44. The number of aliphatic carboxylic acids is 1. The number of carboxylic acid groups (broad SMARTS) is 1. The number of benzene rings is 1. The zero-order chi connectivity index (χ0) is 17.7. The van der Waals surface area contributed by atoms with Gasteiger partial charge in [-0.05, 0) is 30.7 Å². The summed E-state index contributed by atoms with van der Waals surface area (Å²) >= 11 is 0. The lowest BCUT2D eigenvalue weighted by Gasteiger charge is -2.32. The van der Waals surface area contributed by atoms with Gasteiger partial charge in [0.05, 0.1) is 0 Å². The van der Waals surface area contributed by atoms with E-state index in [1.807, 2.05) is 12.1 Å². The molecule has 132 valence electrons. The Bertz CT molecular complexity index is 563. The molecule has 2 rings (SSSR count). The molecule has 1 aromatic rings. The van der Waals surface area contributed by atoms with Crippen molar-refractivity contribution in [1.82, 2.24) is 15.1 Å². The summed E-state index contributed by atoms with van der Waals surface area (Å²) < 4.78 is 0. The number of nitrogens with one attached hydrogen (secondary N) is 1. The van der Waals surface area contributed by atoms with Crippen LogP contribution in [0.4, 0.5) is 0 Å². The number of carbonyl (C=O) groups excluding carboxylic acids is 1. The predicted molar refractivity (Wildman–Crippen MR) is 92.9 cm³/mol. The lowest BCUT2D eigenvalue weighted by Crippen LogP contribution is -2.44. The quantitative estimate of drug-likeness (QED) is 0.820. The minimum absolute atomic E-state index is 0.164. The molecule has 1 fully saturated rings. The molecule has 0 saturated carbocycles. The van der Waals surface area contributed by atoms with Crippen LogP contribution in [0.2, 0.25) is 0 Å². The van der Waals surface area contributed by atoms with E-state index in [9.17, 15) is 9.59 Å². The van der Waals surface area contributed by atoms with Crippen LogP contribution in [0.3, 0.4) is 0 Å². The molecule has 6 heteroatoms. The number of hydrogen-bond acceptors (Lipinski definition) is 4. The highest BCUT2D eigenvalue weighted by atomic mass is 16.4. The summed E-state index contributed by atoms with van der Waals surface area (Å²) in [5.41, 5.74) is 1.65. The van der Waals surface area contributed by atoms with Crippen molar-refractivity contribution in [1.29, 1.82) is 0 Å². The van der Waals surface area contributed by atoms with Gasteiger partial charge in [-0.1, -0.05) is 26.0 Å². The molecule has 1 amide bonds. The Morgan fingerprint density at radius 3 is 2.21 bits per heavy atom. The van der Waals surface area contributed by atoms with E-state index < -0.39 is 12.0 Å². The molecule has 0 unspecified atom stereocenters. The van der Waals surface area contributed by atoms with Crippen molar-refractivity contribution in [2.45, 2.75) is 26.4 Å². The summed E-state index contributed by atoms with van der Waals surface area (Å²) in [5.74, 6) is -1.52. The van der Waals surface area contributed by atoms with Crippen molar-refractivity contribution >= 4 is 11.9 Å². The normalized spacial score (nSPS) is 17.7. The first-order chi connectivity index (χ1) is 11.4. The molecule has 1 heterocycles. The summed E-state index contributed by atoms with van der Waals surface area (Å²) in [7, 11) is 2.13. The van der Waals surface area contributed by atoms with Gasteiger partial charge in [0.2, 0.25) is 0 Å². The van der Waals surface area contributed by atoms with Crippen molar-refractivity contribution in [3.63, 3.8) is 0 Å². The van der Waals surface area contributed by atoms with E-state index in [2.05, 4.69) is 22.2 Å². The monoisotopic (exact) mass is 333 g/mol. The van der Waals surface area contributed by atoms with Gasteiger partial charge in [0.1, 0.15) is 6.04 Å². The second-order valence-corrected chi connectivity index (χ2v) is 6.81. The summed E-state index contributed by atoms with van der Waals surface area (Å²) in [6.45, 7) is 8.68. The fourth-order valence-electron chi connectivity index (χ4n) is 2.76. The highest BCUT2D eigenvalue weighted by Crippen LogP contribution is 2.11. The Labute approximate surface area is 143 Å². The molecule has 0 bridgehead atoms. The van der Waals surface area contributed by atoms with E-state index in [0.717, 1.165) is 38.3 Å². The number of nitrogens with zero attached hydrogens (tertiary/aromatic N) is 2. The molecule has 0 aliphatic carbocycles. The lowest BCUT2D eigenvalue weighted by atomic mass is 10.0. The number of amides is 1. The first-order valence-corrected chi connectivity index (χ1v) is 8.40.